The number of hydrogen-bond acceptors (Lipinski definition) is 5. The van der Waals surface area contributed by atoms with Gasteiger partial charge in [-0.25, -0.2) is 4.79 Å². The lowest BCUT2D eigenvalue weighted by Crippen LogP contribution is -2.29. The summed E-state index contributed by atoms with van der Waals surface area (Å²) in [7, 11) is 0. The zero-order valence-corrected chi connectivity index (χ0v) is 9.13. The summed E-state index contributed by atoms with van der Waals surface area (Å²) in [5.41, 5.74) is -0.0615. The maximum Gasteiger partial charge on any atom is 0.358 e. The van der Waals surface area contributed by atoms with Crippen molar-refractivity contribution in [2.45, 2.75) is 26.0 Å². The quantitative estimate of drug-likeness (QED) is 0.535. The third kappa shape index (κ3) is 3.95. The number of hydrogen-bond donors (Lipinski definition) is 3. The molecule has 90 valence electrons. The van der Waals surface area contributed by atoms with Crippen LogP contribution in [0.25, 0.3) is 0 Å². The van der Waals surface area contributed by atoms with Crippen molar-refractivity contribution in [3.05, 3.63) is 11.9 Å². The third-order valence-electron chi connectivity index (χ3n) is 2.13. The zero-order valence-electron chi connectivity index (χ0n) is 9.13. The molecule has 1 heterocycles. The molecule has 0 aliphatic heterocycles. The SMILES string of the molecule is CCC(O)CNCCn1cc(C(=O)O)nn1. The monoisotopic (exact) mass is 228 g/mol. The molecule has 0 spiro atoms. The Labute approximate surface area is 93.1 Å². The zero-order chi connectivity index (χ0) is 12.0. The highest BCUT2D eigenvalue weighted by atomic mass is 16.4. The number of aromatic carboxylic acids is 1. The molecule has 0 saturated carbocycles. The van der Waals surface area contributed by atoms with Gasteiger partial charge in [-0.3, -0.25) is 4.68 Å². The Hall–Kier alpha value is -1.47. The number of nitrogens with one attached hydrogen (secondary N) is 1. The number of carboxylic acids is 1. The van der Waals surface area contributed by atoms with Crippen molar-refractivity contribution in [2.24, 2.45) is 0 Å². The lowest BCUT2D eigenvalue weighted by atomic mass is 10.3. The molecule has 16 heavy (non-hydrogen) atoms. The van der Waals surface area contributed by atoms with E-state index in [1.165, 1.54) is 10.9 Å². The van der Waals surface area contributed by atoms with Crippen molar-refractivity contribution >= 4 is 5.97 Å². The van der Waals surface area contributed by atoms with Gasteiger partial charge in [-0.05, 0) is 6.42 Å². The van der Waals surface area contributed by atoms with Crippen LogP contribution in [0.2, 0.25) is 0 Å². The molecule has 0 amide bonds. The predicted molar refractivity (Wildman–Crippen MR) is 56.1 cm³/mol. The summed E-state index contributed by atoms with van der Waals surface area (Å²) in [6, 6.07) is 0. The van der Waals surface area contributed by atoms with Crippen LogP contribution in [0.4, 0.5) is 0 Å². The summed E-state index contributed by atoms with van der Waals surface area (Å²) >= 11 is 0. The van der Waals surface area contributed by atoms with Gasteiger partial charge in [0.05, 0.1) is 18.8 Å². The molecule has 7 nitrogen and oxygen atoms in total. The first kappa shape index (κ1) is 12.6. The topological polar surface area (TPSA) is 100 Å². The summed E-state index contributed by atoms with van der Waals surface area (Å²) in [5, 5.41) is 28.0. The number of aromatic nitrogens is 3. The number of carboxylic acid groups (broad SMARTS) is 1. The Morgan fingerprint density at radius 3 is 3.00 bits per heavy atom. The summed E-state index contributed by atoms with van der Waals surface area (Å²) in [5.74, 6) is -1.08. The van der Waals surface area contributed by atoms with Gasteiger partial charge in [0.25, 0.3) is 0 Å². The van der Waals surface area contributed by atoms with E-state index in [0.29, 0.717) is 26.1 Å². The summed E-state index contributed by atoms with van der Waals surface area (Å²) in [6.45, 7) is 3.57. The van der Waals surface area contributed by atoms with E-state index in [1.54, 1.807) is 0 Å². The predicted octanol–water partition coefficient (Wildman–Crippen LogP) is -0.663. The van der Waals surface area contributed by atoms with E-state index < -0.39 is 5.97 Å². The van der Waals surface area contributed by atoms with Crippen molar-refractivity contribution < 1.29 is 15.0 Å². The van der Waals surface area contributed by atoms with Gasteiger partial charge >= 0.3 is 5.97 Å². The van der Waals surface area contributed by atoms with E-state index in [0.717, 1.165) is 0 Å². The maximum absolute atomic E-state index is 10.5. The molecule has 1 rings (SSSR count). The van der Waals surface area contributed by atoms with Crippen molar-refractivity contribution in [1.29, 1.82) is 0 Å². The maximum atomic E-state index is 10.5. The van der Waals surface area contributed by atoms with Crippen molar-refractivity contribution in [3.8, 4) is 0 Å². The molecule has 1 unspecified atom stereocenters. The average molecular weight is 228 g/mol. The number of rotatable bonds is 7. The van der Waals surface area contributed by atoms with Gasteiger partial charge in [0.1, 0.15) is 0 Å². The van der Waals surface area contributed by atoms with Crippen LogP contribution in [0.15, 0.2) is 6.20 Å². The molecule has 0 aromatic carbocycles. The fraction of sp³-hybridized carbons (Fsp3) is 0.667. The number of carbonyl (C=O) groups is 1. The summed E-state index contributed by atoms with van der Waals surface area (Å²) in [4.78, 5) is 10.5. The minimum Gasteiger partial charge on any atom is -0.476 e. The number of aliphatic hydroxyl groups is 1. The van der Waals surface area contributed by atoms with E-state index in [1.807, 2.05) is 6.92 Å². The molecular formula is C9H16N4O3. The highest BCUT2D eigenvalue weighted by Crippen LogP contribution is 1.92. The number of nitrogens with zero attached hydrogens (tertiary/aromatic N) is 3. The summed E-state index contributed by atoms with van der Waals surface area (Å²) in [6.07, 6.45) is 1.74. The molecule has 3 N–H and O–H groups in total. The van der Waals surface area contributed by atoms with Crippen molar-refractivity contribution in [2.75, 3.05) is 13.1 Å². The van der Waals surface area contributed by atoms with Crippen LogP contribution in [0.3, 0.4) is 0 Å². The van der Waals surface area contributed by atoms with E-state index in [4.69, 9.17) is 5.11 Å². The molecule has 1 aromatic rings. The normalized spacial score (nSPS) is 12.6. The van der Waals surface area contributed by atoms with Gasteiger partial charge in [-0.1, -0.05) is 12.1 Å². The Morgan fingerprint density at radius 2 is 2.44 bits per heavy atom. The van der Waals surface area contributed by atoms with Crippen LogP contribution in [-0.2, 0) is 6.54 Å². The highest BCUT2D eigenvalue weighted by molar-refractivity contribution is 5.84. The molecule has 0 aliphatic rings. The van der Waals surface area contributed by atoms with E-state index in [2.05, 4.69) is 15.6 Å². The van der Waals surface area contributed by atoms with Gasteiger partial charge in [-0.15, -0.1) is 5.10 Å². The second-order valence-electron chi connectivity index (χ2n) is 3.44. The molecule has 1 aromatic heterocycles. The van der Waals surface area contributed by atoms with Crippen molar-refractivity contribution in [1.82, 2.24) is 20.3 Å². The van der Waals surface area contributed by atoms with Crippen LogP contribution in [0.5, 0.6) is 0 Å². The van der Waals surface area contributed by atoms with Crippen molar-refractivity contribution in [3.63, 3.8) is 0 Å². The second kappa shape index (κ2) is 6.19. The van der Waals surface area contributed by atoms with Crippen LogP contribution < -0.4 is 5.32 Å². The molecule has 0 radical (unpaired) electrons. The molecular weight excluding hydrogens is 212 g/mol. The Bertz CT molecular complexity index is 339. The first-order valence-electron chi connectivity index (χ1n) is 5.15. The smallest absolute Gasteiger partial charge is 0.358 e. The van der Waals surface area contributed by atoms with E-state index in [9.17, 15) is 9.90 Å². The molecule has 0 bridgehead atoms. The number of aliphatic hydroxyl groups excluding tert-OH is 1. The minimum absolute atomic E-state index is 0.0615. The molecule has 1 atom stereocenters. The standard InChI is InChI=1S/C9H16N4O3/c1-2-7(14)5-10-3-4-13-6-8(9(15)16)11-12-13/h6-7,10,14H,2-5H2,1H3,(H,15,16). The van der Waals surface area contributed by atoms with Crippen LogP contribution in [-0.4, -0.2) is 50.4 Å². The third-order valence-corrected chi connectivity index (χ3v) is 2.13. The van der Waals surface area contributed by atoms with Gasteiger partial charge < -0.3 is 15.5 Å². The summed E-state index contributed by atoms with van der Waals surface area (Å²) < 4.78 is 1.45. The Kier molecular flexibility index (Phi) is 4.87. The first-order chi connectivity index (χ1) is 7.63. The molecule has 7 heteroatoms. The van der Waals surface area contributed by atoms with Crippen LogP contribution >= 0.6 is 0 Å². The van der Waals surface area contributed by atoms with Crippen LogP contribution in [0.1, 0.15) is 23.8 Å². The van der Waals surface area contributed by atoms with E-state index >= 15 is 0 Å². The minimum atomic E-state index is -1.08. The Balaban J connectivity index is 2.24. The van der Waals surface area contributed by atoms with E-state index in [-0.39, 0.29) is 11.8 Å². The molecule has 0 fully saturated rings. The molecule has 0 saturated heterocycles. The van der Waals surface area contributed by atoms with Gasteiger partial charge in [-0.2, -0.15) is 0 Å². The molecule has 0 aliphatic carbocycles. The largest absolute Gasteiger partial charge is 0.476 e. The fourth-order valence-corrected chi connectivity index (χ4v) is 1.11. The van der Waals surface area contributed by atoms with Gasteiger partial charge in [0, 0.05) is 13.1 Å². The van der Waals surface area contributed by atoms with Gasteiger partial charge in [0.2, 0.25) is 0 Å². The Morgan fingerprint density at radius 1 is 1.69 bits per heavy atom. The van der Waals surface area contributed by atoms with Gasteiger partial charge in [0.15, 0.2) is 5.69 Å². The van der Waals surface area contributed by atoms with Crippen LogP contribution in [0, 0.1) is 0 Å². The first-order valence-corrected chi connectivity index (χ1v) is 5.15. The lowest BCUT2D eigenvalue weighted by Gasteiger charge is -2.08. The lowest BCUT2D eigenvalue weighted by molar-refractivity contribution is 0.0690. The highest BCUT2D eigenvalue weighted by Gasteiger charge is 2.07. The fourth-order valence-electron chi connectivity index (χ4n) is 1.11. The second-order valence-corrected chi connectivity index (χ2v) is 3.44. The average Bonchev–Trinajstić information content (AvgIpc) is 2.72.